The molecule has 0 N–H and O–H groups in total. The lowest BCUT2D eigenvalue weighted by atomic mass is 10.0. The van der Waals surface area contributed by atoms with E-state index < -0.39 is 6.10 Å². The van der Waals surface area contributed by atoms with Gasteiger partial charge in [-0.25, -0.2) is 0 Å². The average Bonchev–Trinajstić information content (AvgIpc) is 3.25. The van der Waals surface area contributed by atoms with Gasteiger partial charge >= 0.3 is 11.9 Å². The number of carbonyl (C=O) groups excluding carboxylic acids is 2. The molecule has 0 aliphatic rings. The van der Waals surface area contributed by atoms with Crippen LogP contribution in [0.4, 0.5) is 0 Å². The third-order valence-corrected chi connectivity index (χ3v) is 11.1. The Bertz CT molecular complexity index is 1040. The monoisotopic (exact) mass is 839 g/mol. The van der Waals surface area contributed by atoms with Crippen molar-refractivity contribution in [3.05, 3.63) is 60.8 Å². The number of esters is 2. The first kappa shape index (κ1) is 57.6. The second kappa shape index (κ2) is 51.0. The largest absolute Gasteiger partial charge is 0.462 e. The molecule has 0 radical (unpaired) electrons. The zero-order chi connectivity index (χ0) is 43.5. The molecule has 60 heavy (non-hydrogen) atoms. The first-order valence-electron chi connectivity index (χ1n) is 25.8. The van der Waals surface area contributed by atoms with E-state index in [0.717, 1.165) is 64.2 Å². The molecule has 5 heteroatoms. The summed E-state index contributed by atoms with van der Waals surface area (Å²) in [4.78, 5) is 25.3. The van der Waals surface area contributed by atoms with Crippen LogP contribution in [-0.4, -0.2) is 37.9 Å². The Morgan fingerprint density at radius 1 is 0.383 bits per heavy atom. The zero-order valence-corrected chi connectivity index (χ0v) is 40.0. The molecule has 0 amide bonds. The summed E-state index contributed by atoms with van der Waals surface area (Å²) in [7, 11) is 0. The molecule has 0 saturated heterocycles. The standard InChI is InChI=1S/C55H98O5/c1-4-7-10-13-16-19-21-23-25-27-28-29-30-32-34-37-39-42-45-48-54(56)59-52-53(60-55(57)49-46-43-40-36-18-15-12-9-6-3)51-58-50-47-44-41-38-35-33-31-26-24-22-20-17-14-11-8-5-2/h8,11,17,20,24,26,33,35,41,44,53H,4-7,9-10,12-16,18-19,21-23,25,27-32,34,36-40,42-43,45-52H2,1-3H3/b11-8-,20-17-,26-24-,35-33-,44-41-. The van der Waals surface area contributed by atoms with E-state index in [1.165, 1.54) is 154 Å². The fourth-order valence-electron chi connectivity index (χ4n) is 7.28. The fraction of sp³-hybridized carbons (Fsp3) is 0.782. The molecule has 0 bridgehead atoms. The first-order valence-corrected chi connectivity index (χ1v) is 25.8. The van der Waals surface area contributed by atoms with E-state index in [1.807, 2.05) is 0 Å². The van der Waals surface area contributed by atoms with Crippen LogP contribution in [0.2, 0.25) is 0 Å². The second-order valence-corrected chi connectivity index (χ2v) is 17.1. The predicted octanol–water partition coefficient (Wildman–Crippen LogP) is 17.3. The van der Waals surface area contributed by atoms with Crippen molar-refractivity contribution in [2.24, 2.45) is 0 Å². The Morgan fingerprint density at radius 3 is 1.10 bits per heavy atom. The van der Waals surface area contributed by atoms with Crippen LogP contribution in [0, 0.1) is 0 Å². The number of hydrogen-bond acceptors (Lipinski definition) is 5. The normalized spacial score (nSPS) is 12.7. The van der Waals surface area contributed by atoms with Crippen LogP contribution in [-0.2, 0) is 23.8 Å². The maximum atomic E-state index is 12.7. The number of hydrogen-bond donors (Lipinski definition) is 0. The smallest absolute Gasteiger partial charge is 0.306 e. The van der Waals surface area contributed by atoms with E-state index in [0.29, 0.717) is 19.4 Å². The lowest BCUT2D eigenvalue weighted by Crippen LogP contribution is -2.30. The fourth-order valence-corrected chi connectivity index (χ4v) is 7.28. The van der Waals surface area contributed by atoms with Gasteiger partial charge in [0.2, 0.25) is 0 Å². The number of carbonyl (C=O) groups is 2. The predicted molar refractivity (Wildman–Crippen MR) is 261 cm³/mol. The van der Waals surface area contributed by atoms with Crippen molar-refractivity contribution < 1.29 is 23.8 Å². The van der Waals surface area contributed by atoms with E-state index >= 15 is 0 Å². The highest BCUT2D eigenvalue weighted by Crippen LogP contribution is 2.16. The van der Waals surface area contributed by atoms with Gasteiger partial charge in [0.25, 0.3) is 0 Å². The van der Waals surface area contributed by atoms with E-state index in [-0.39, 0.29) is 25.2 Å². The van der Waals surface area contributed by atoms with Crippen LogP contribution < -0.4 is 0 Å². The molecule has 0 fully saturated rings. The van der Waals surface area contributed by atoms with Crippen LogP contribution in [0.5, 0.6) is 0 Å². The van der Waals surface area contributed by atoms with Crippen molar-refractivity contribution in [1.29, 1.82) is 0 Å². The van der Waals surface area contributed by atoms with Gasteiger partial charge in [-0.3, -0.25) is 9.59 Å². The van der Waals surface area contributed by atoms with Gasteiger partial charge in [-0.1, -0.05) is 248 Å². The Morgan fingerprint density at radius 2 is 0.717 bits per heavy atom. The van der Waals surface area contributed by atoms with Crippen molar-refractivity contribution in [3.8, 4) is 0 Å². The van der Waals surface area contributed by atoms with Crippen molar-refractivity contribution in [3.63, 3.8) is 0 Å². The molecular weight excluding hydrogens is 741 g/mol. The molecule has 0 aromatic rings. The van der Waals surface area contributed by atoms with Crippen molar-refractivity contribution >= 4 is 11.9 Å². The van der Waals surface area contributed by atoms with Gasteiger partial charge in [0.1, 0.15) is 6.61 Å². The van der Waals surface area contributed by atoms with Crippen LogP contribution in [0.15, 0.2) is 60.8 Å². The van der Waals surface area contributed by atoms with E-state index in [9.17, 15) is 9.59 Å². The van der Waals surface area contributed by atoms with E-state index in [1.54, 1.807) is 0 Å². The summed E-state index contributed by atoms with van der Waals surface area (Å²) in [5.74, 6) is -0.431. The number of rotatable bonds is 47. The maximum Gasteiger partial charge on any atom is 0.306 e. The summed E-state index contributed by atoms with van der Waals surface area (Å²) >= 11 is 0. The number of unbranched alkanes of at least 4 members (excludes halogenated alkanes) is 26. The molecule has 1 atom stereocenters. The van der Waals surface area contributed by atoms with Gasteiger partial charge in [-0.05, 0) is 51.4 Å². The molecule has 0 saturated carbocycles. The van der Waals surface area contributed by atoms with Gasteiger partial charge in [-0.2, -0.15) is 0 Å². The Balaban J connectivity index is 4.23. The highest BCUT2D eigenvalue weighted by atomic mass is 16.6. The first-order chi connectivity index (χ1) is 29.6. The van der Waals surface area contributed by atoms with Gasteiger partial charge in [0.05, 0.1) is 13.2 Å². The minimum Gasteiger partial charge on any atom is -0.462 e. The minimum atomic E-state index is -0.571. The summed E-state index contributed by atoms with van der Waals surface area (Å²) in [6.45, 7) is 7.52. The molecular formula is C55H98O5. The third-order valence-electron chi connectivity index (χ3n) is 11.1. The summed E-state index contributed by atoms with van der Waals surface area (Å²) in [6, 6.07) is 0. The summed E-state index contributed by atoms with van der Waals surface area (Å²) in [6.07, 6.45) is 64.0. The number of allylic oxidation sites excluding steroid dienone is 9. The van der Waals surface area contributed by atoms with Gasteiger partial charge in [0.15, 0.2) is 6.10 Å². The highest BCUT2D eigenvalue weighted by Gasteiger charge is 2.17. The molecule has 1 unspecified atom stereocenters. The molecule has 0 heterocycles. The van der Waals surface area contributed by atoms with Gasteiger partial charge in [0, 0.05) is 12.8 Å². The summed E-state index contributed by atoms with van der Waals surface area (Å²) < 4.78 is 17.3. The highest BCUT2D eigenvalue weighted by molar-refractivity contribution is 5.70. The average molecular weight is 839 g/mol. The molecule has 0 aliphatic heterocycles. The second-order valence-electron chi connectivity index (χ2n) is 17.1. The molecule has 0 aliphatic carbocycles. The van der Waals surface area contributed by atoms with E-state index in [4.69, 9.17) is 14.2 Å². The van der Waals surface area contributed by atoms with Crippen LogP contribution in [0.3, 0.4) is 0 Å². The summed E-state index contributed by atoms with van der Waals surface area (Å²) in [5.41, 5.74) is 0. The van der Waals surface area contributed by atoms with Crippen molar-refractivity contribution in [2.45, 2.75) is 258 Å². The van der Waals surface area contributed by atoms with E-state index in [2.05, 4.69) is 81.5 Å². The van der Waals surface area contributed by atoms with Crippen LogP contribution in [0.25, 0.3) is 0 Å². The van der Waals surface area contributed by atoms with Crippen molar-refractivity contribution in [1.82, 2.24) is 0 Å². The molecule has 5 nitrogen and oxygen atoms in total. The minimum absolute atomic E-state index is 0.0587. The Kier molecular flexibility index (Phi) is 48.9. The summed E-state index contributed by atoms with van der Waals surface area (Å²) in [5, 5.41) is 0. The lowest BCUT2D eigenvalue weighted by molar-refractivity contribution is -0.162. The third kappa shape index (κ3) is 48.3. The molecule has 348 valence electrons. The molecule has 0 spiro atoms. The lowest BCUT2D eigenvalue weighted by Gasteiger charge is -2.18. The van der Waals surface area contributed by atoms with Crippen LogP contribution in [0.1, 0.15) is 252 Å². The maximum absolute atomic E-state index is 12.7. The molecule has 0 aromatic carbocycles. The van der Waals surface area contributed by atoms with Crippen molar-refractivity contribution in [2.75, 3.05) is 19.8 Å². The quantitative estimate of drug-likeness (QED) is 0.0347. The number of ether oxygens (including phenoxy) is 3. The SMILES string of the molecule is CC/C=C\C/C=C\C/C=C\C/C=C\C/C=C\CCOCC(COC(=O)CCCCCCCCCCCCCCCCCCCCC)OC(=O)CCCCCCCCCCC. The molecule has 0 aromatic heterocycles. The zero-order valence-electron chi connectivity index (χ0n) is 40.0. The van der Waals surface area contributed by atoms with Crippen LogP contribution >= 0.6 is 0 Å². The van der Waals surface area contributed by atoms with Gasteiger partial charge < -0.3 is 14.2 Å². The van der Waals surface area contributed by atoms with Gasteiger partial charge in [-0.15, -0.1) is 0 Å². The molecule has 0 rings (SSSR count). The Hall–Kier alpha value is -2.40. The Labute approximate surface area is 373 Å². The topological polar surface area (TPSA) is 61.8 Å².